The van der Waals surface area contributed by atoms with Crippen molar-refractivity contribution in [2.45, 2.75) is 19.3 Å². The molecule has 1 N–H and O–H groups in total. The zero-order chi connectivity index (χ0) is 11.8. The molecule has 2 aromatic rings. The van der Waals surface area contributed by atoms with Crippen molar-refractivity contribution in [3.63, 3.8) is 0 Å². The molecular weight excluding hydrogens is 220 g/mol. The lowest BCUT2D eigenvalue weighted by Crippen LogP contribution is -1.98. The molecule has 1 heterocycles. The lowest BCUT2D eigenvalue weighted by atomic mass is 10.1. The molecule has 1 aliphatic rings. The van der Waals surface area contributed by atoms with Crippen LogP contribution in [0.3, 0.4) is 0 Å². The van der Waals surface area contributed by atoms with Gasteiger partial charge in [0, 0.05) is 5.56 Å². The molecule has 0 saturated heterocycles. The number of aromatic nitrogens is 2. The number of aromatic carboxylic acids is 1. The summed E-state index contributed by atoms with van der Waals surface area (Å²) in [5, 5.41) is 12.1. The Morgan fingerprint density at radius 1 is 1.29 bits per heavy atom. The lowest BCUT2D eigenvalue weighted by molar-refractivity contribution is 0.0680. The van der Waals surface area contributed by atoms with Gasteiger partial charge in [0.25, 0.3) is 11.7 Å². The minimum Gasteiger partial charge on any atom is -0.475 e. The molecule has 86 valence electrons. The Morgan fingerprint density at radius 3 is 2.88 bits per heavy atom. The van der Waals surface area contributed by atoms with E-state index in [2.05, 4.69) is 10.1 Å². The van der Waals surface area contributed by atoms with Crippen molar-refractivity contribution in [1.29, 1.82) is 0 Å². The van der Waals surface area contributed by atoms with Gasteiger partial charge in [0.15, 0.2) is 0 Å². The summed E-state index contributed by atoms with van der Waals surface area (Å²) in [6, 6.07) is 5.94. The van der Waals surface area contributed by atoms with Crippen molar-refractivity contribution >= 4 is 5.97 Å². The first-order chi connectivity index (χ1) is 8.24. The first-order valence-corrected chi connectivity index (χ1v) is 5.43. The van der Waals surface area contributed by atoms with Crippen LogP contribution in [0, 0.1) is 0 Å². The molecule has 5 nitrogen and oxygen atoms in total. The summed E-state index contributed by atoms with van der Waals surface area (Å²) in [4.78, 5) is 14.5. The van der Waals surface area contributed by atoms with E-state index in [-0.39, 0.29) is 11.7 Å². The third-order valence-corrected chi connectivity index (χ3v) is 2.96. The molecule has 0 fully saturated rings. The first kappa shape index (κ1) is 10.0. The van der Waals surface area contributed by atoms with E-state index in [1.54, 1.807) is 0 Å². The third kappa shape index (κ3) is 1.69. The predicted molar refractivity (Wildman–Crippen MR) is 58.7 cm³/mol. The van der Waals surface area contributed by atoms with Crippen LogP contribution >= 0.6 is 0 Å². The summed E-state index contributed by atoms with van der Waals surface area (Å²) in [6.45, 7) is 0. The highest BCUT2D eigenvalue weighted by atomic mass is 16.5. The number of nitrogens with zero attached hydrogens (tertiary/aromatic N) is 2. The van der Waals surface area contributed by atoms with E-state index in [9.17, 15) is 4.79 Å². The average Bonchev–Trinajstić information content (AvgIpc) is 2.97. The number of aryl methyl sites for hydroxylation is 2. The Kier molecular flexibility index (Phi) is 2.18. The summed E-state index contributed by atoms with van der Waals surface area (Å²) in [7, 11) is 0. The Labute approximate surface area is 97.1 Å². The van der Waals surface area contributed by atoms with Crippen LogP contribution < -0.4 is 0 Å². The van der Waals surface area contributed by atoms with Crippen molar-refractivity contribution in [2.75, 3.05) is 0 Å². The summed E-state index contributed by atoms with van der Waals surface area (Å²) in [5.41, 5.74) is 3.43. The monoisotopic (exact) mass is 230 g/mol. The number of rotatable bonds is 2. The van der Waals surface area contributed by atoms with Crippen LogP contribution in [0.1, 0.15) is 28.2 Å². The quantitative estimate of drug-likeness (QED) is 0.852. The zero-order valence-corrected chi connectivity index (χ0v) is 9.01. The highest BCUT2D eigenvalue weighted by molar-refractivity contribution is 5.83. The Morgan fingerprint density at radius 2 is 2.12 bits per heavy atom. The first-order valence-electron chi connectivity index (χ1n) is 5.43. The van der Waals surface area contributed by atoms with E-state index in [0.717, 1.165) is 18.4 Å². The Balaban J connectivity index is 2.00. The number of carbonyl (C=O) groups is 1. The van der Waals surface area contributed by atoms with E-state index in [1.165, 1.54) is 17.5 Å². The number of hydrogen-bond donors (Lipinski definition) is 1. The fourth-order valence-corrected chi connectivity index (χ4v) is 2.13. The van der Waals surface area contributed by atoms with Gasteiger partial charge in [-0.25, -0.2) is 4.79 Å². The van der Waals surface area contributed by atoms with Gasteiger partial charge in [-0.05, 0) is 47.7 Å². The molecule has 0 spiro atoms. The van der Waals surface area contributed by atoms with Gasteiger partial charge < -0.3 is 9.63 Å². The number of carboxylic acid groups (broad SMARTS) is 1. The molecule has 0 radical (unpaired) electrons. The van der Waals surface area contributed by atoms with Crippen molar-refractivity contribution < 1.29 is 14.4 Å². The number of carboxylic acids is 1. The molecule has 5 heteroatoms. The van der Waals surface area contributed by atoms with Crippen molar-refractivity contribution in [3.8, 4) is 11.5 Å². The molecular formula is C12H10N2O3. The molecule has 0 unspecified atom stereocenters. The van der Waals surface area contributed by atoms with E-state index in [4.69, 9.17) is 9.63 Å². The van der Waals surface area contributed by atoms with Crippen molar-refractivity contribution in [3.05, 3.63) is 35.2 Å². The predicted octanol–water partition coefficient (Wildman–Crippen LogP) is 1.92. The zero-order valence-electron chi connectivity index (χ0n) is 9.01. The molecule has 1 aromatic carbocycles. The molecule has 0 amide bonds. The van der Waals surface area contributed by atoms with Gasteiger partial charge in [-0.15, -0.1) is 0 Å². The second-order valence-electron chi connectivity index (χ2n) is 4.07. The summed E-state index contributed by atoms with van der Waals surface area (Å²) >= 11 is 0. The van der Waals surface area contributed by atoms with Crippen molar-refractivity contribution in [1.82, 2.24) is 10.1 Å². The molecule has 17 heavy (non-hydrogen) atoms. The molecule has 0 atom stereocenters. The Hall–Kier alpha value is -2.17. The van der Waals surface area contributed by atoms with Gasteiger partial charge in [-0.3, -0.25) is 0 Å². The van der Waals surface area contributed by atoms with Crippen molar-refractivity contribution in [2.24, 2.45) is 0 Å². The number of hydrogen-bond acceptors (Lipinski definition) is 4. The molecule has 3 rings (SSSR count). The van der Waals surface area contributed by atoms with Crippen LogP contribution in [0.25, 0.3) is 11.5 Å². The maximum absolute atomic E-state index is 10.6. The summed E-state index contributed by atoms with van der Waals surface area (Å²) in [5.74, 6) is -1.22. The van der Waals surface area contributed by atoms with Gasteiger partial charge in [0.05, 0.1) is 0 Å². The van der Waals surface area contributed by atoms with Crippen LogP contribution in [-0.4, -0.2) is 21.2 Å². The van der Waals surface area contributed by atoms with E-state index < -0.39 is 5.97 Å². The van der Waals surface area contributed by atoms with Gasteiger partial charge in [-0.2, -0.15) is 4.98 Å². The van der Waals surface area contributed by atoms with Gasteiger partial charge in [0.2, 0.25) is 0 Å². The fourth-order valence-electron chi connectivity index (χ4n) is 2.13. The smallest absolute Gasteiger partial charge is 0.377 e. The number of benzene rings is 1. The molecule has 1 aromatic heterocycles. The van der Waals surface area contributed by atoms with Crippen LogP contribution in [0.4, 0.5) is 0 Å². The molecule has 0 aliphatic heterocycles. The largest absolute Gasteiger partial charge is 0.475 e. The highest BCUT2D eigenvalue weighted by Gasteiger charge is 2.16. The summed E-state index contributed by atoms with van der Waals surface area (Å²) < 4.78 is 4.93. The third-order valence-electron chi connectivity index (χ3n) is 2.96. The maximum Gasteiger partial charge on any atom is 0.377 e. The molecule has 0 saturated carbocycles. The second kappa shape index (κ2) is 3.69. The van der Waals surface area contributed by atoms with Crippen LogP contribution in [0.5, 0.6) is 0 Å². The number of fused-ring (bicyclic) bond motifs is 1. The normalized spacial score (nSPS) is 13.6. The van der Waals surface area contributed by atoms with Crippen LogP contribution in [-0.2, 0) is 12.8 Å². The summed E-state index contributed by atoms with van der Waals surface area (Å²) in [6.07, 6.45) is 3.34. The minimum atomic E-state index is -1.18. The van der Waals surface area contributed by atoms with Gasteiger partial charge >= 0.3 is 5.97 Å². The highest BCUT2D eigenvalue weighted by Crippen LogP contribution is 2.27. The average molecular weight is 230 g/mol. The maximum atomic E-state index is 10.6. The van der Waals surface area contributed by atoms with E-state index in [1.807, 2.05) is 18.2 Å². The molecule has 0 bridgehead atoms. The second-order valence-corrected chi connectivity index (χ2v) is 4.07. The van der Waals surface area contributed by atoms with Crippen LogP contribution in [0.15, 0.2) is 22.7 Å². The fraction of sp³-hybridized carbons (Fsp3) is 0.250. The SMILES string of the molecule is O=C(O)c1noc(-c2ccc3c(c2)CCC3)n1. The van der Waals surface area contributed by atoms with Crippen LogP contribution in [0.2, 0.25) is 0 Å². The Bertz CT molecular complexity index is 589. The minimum absolute atomic E-state index is 0.261. The van der Waals surface area contributed by atoms with E-state index in [0.29, 0.717) is 0 Å². The standard InChI is InChI=1S/C12H10N2O3/c15-12(16)10-13-11(17-14-10)9-5-4-7-2-1-3-8(7)6-9/h4-6H,1-3H2,(H,15,16). The van der Waals surface area contributed by atoms with Gasteiger partial charge in [0.1, 0.15) is 0 Å². The van der Waals surface area contributed by atoms with E-state index >= 15 is 0 Å². The topological polar surface area (TPSA) is 76.2 Å². The molecule has 1 aliphatic carbocycles. The lowest BCUT2D eigenvalue weighted by Gasteiger charge is -2.00. The van der Waals surface area contributed by atoms with Gasteiger partial charge in [-0.1, -0.05) is 6.07 Å².